The quantitative estimate of drug-likeness (QED) is 0.356. The van der Waals surface area contributed by atoms with Gasteiger partial charge in [0.1, 0.15) is 0 Å². The predicted octanol–water partition coefficient (Wildman–Crippen LogP) is 2.44. The lowest BCUT2D eigenvalue weighted by molar-refractivity contribution is -0.535. The van der Waals surface area contributed by atoms with Gasteiger partial charge in [-0.05, 0) is 24.5 Å². The second-order valence-electron chi connectivity index (χ2n) is 4.89. The van der Waals surface area contributed by atoms with Crippen LogP contribution in [-0.4, -0.2) is 0 Å². The number of unbranched alkanes of at least 4 members (excludes halogenated alkanes) is 8. The van der Waals surface area contributed by atoms with Crippen molar-refractivity contribution in [1.29, 1.82) is 0 Å². The van der Waals surface area contributed by atoms with Crippen molar-refractivity contribution in [2.45, 2.75) is 64.7 Å². The van der Waals surface area contributed by atoms with E-state index in [1.165, 1.54) is 54.9 Å². The van der Waals surface area contributed by atoms with Gasteiger partial charge in [-0.3, -0.25) is 0 Å². The summed E-state index contributed by atoms with van der Waals surface area (Å²) in [6, 6.07) is 10.7. The van der Waals surface area contributed by atoms with Crippen LogP contribution in [0.5, 0.6) is 0 Å². The van der Waals surface area contributed by atoms with Crippen LogP contribution >= 0.6 is 0 Å². The third-order valence-corrected chi connectivity index (χ3v) is 5.10. The average Bonchev–Trinajstić information content (AvgIpc) is 2.46. The van der Waals surface area contributed by atoms with Crippen molar-refractivity contribution < 1.29 is 21.2 Å². The van der Waals surface area contributed by atoms with E-state index in [9.17, 15) is 0 Å². The molecule has 0 saturated heterocycles. The van der Waals surface area contributed by atoms with Gasteiger partial charge in [-0.15, -0.1) is 0 Å². The minimum Gasteiger partial charge on any atom is -0.0654 e. The van der Waals surface area contributed by atoms with Gasteiger partial charge in [0.2, 0.25) is 3.57 Å². The molecule has 19 heavy (non-hydrogen) atoms. The molecule has 0 aliphatic heterocycles. The van der Waals surface area contributed by atoms with Crippen molar-refractivity contribution in [3.63, 3.8) is 0 Å². The monoisotopic (exact) mass is 369 g/mol. The van der Waals surface area contributed by atoms with Gasteiger partial charge in [-0.1, -0.05) is 70.1 Å². The van der Waals surface area contributed by atoms with Gasteiger partial charge >= 0.3 is 21.2 Å². The van der Waals surface area contributed by atoms with E-state index < -0.39 is 0 Å². The van der Waals surface area contributed by atoms with Gasteiger partial charge in [-0.25, -0.2) is 0 Å². The maximum atomic E-state index is 3.38. The molecule has 1 rings (SSSR count). The van der Waals surface area contributed by atoms with Crippen LogP contribution in [0.15, 0.2) is 30.3 Å². The highest BCUT2D eigenvalue weighted by atomic mass is 127. The highest BCUT2D eigenvalue weighted by Crippen LogP contribution is 2.08. The molecule has 0 heterocycles. The molecule has 0 unspecified atom stereocenters. The molecule has 0 fully saturated rings. The Morgan fingerprint density at radius 2 is 1.47 bits per heavy atom. The summed E-state index contributed by atoms with van der Waals surface area (Å²) < 4.78 is 4.82. The molecule has 0 radical (unpaired) electrons. The number of hydrogen-bond donors (Lipinski definition) is 0. The van der Waals surface area contributed by atoms with Gasteiger partial charge in [0.25, 0.3) is 0 Å². The standard InChI is InChI=1S/C18H26I/c1-2-3-4-5-6-7-8-9-10-14-17-19-18-15-12-11-13-16-18/h11-13,15-16H,2-10H2,1H3/q+1. The summed E-state index contributed by atoms with van der Waals surface area (Å²) in [6.07, 6.45) is 12.2. The van der Waals surface area contributed by atoms with Crippen LogP contribution in [0.25, 0.3) is 0 Å². The SMILES string of the molecule is CCCCCCCCCCC#C[I+]c1ccccc1. The molecule has 0 bridgehead atoms. The number of hydrogen-bond acceptors (Lipinski definition) is 0. The molecule has 0 saturated carbocycles. The Balaban J connectivity index is 1.91. The minimum absolute atomic E-state index is 0.0709. The largest absolute Gasteiger partial charge is 0.419 e. The molecule has 1 aromatic rings. The molecule has 1 aromatic carbocycles. The lowest BCUT2D eigenvalue weighted by Crippen LogP contribution is -3.59. The first kappa shape index (κ1) is 16.6. The van der Waals surface area contributed by atoms with Crippen molar-refractivity contribution in [3.05, 3.63) is 33.9 Å². The fraction of sp³-hybridized carbons (Fsp3) is 0.556. The molecule has 0 aliphatic carbocycles. The highest BCUT2D eigenvalue weighted by Gasteiger charge is 2.05. The molecule has 0 aromatic heterocycles. The van der Waals surface area contributed by atoms with Crippen molar-refractivity contribution in [1.82, 2.24) is 0 Å². The van der Waals surface area contributed by atoms with Crippen molar-refractivity contribution in [2.75, 3.05) is 0 Å². The molecule has 0 spiro atoms. The molecular formula is C18H26I+. The highest BCUT2D eigenvalue weighted by molar-refractivity contribution is 5.00. The van der Waals surface area contributed by atoms with Gasteiger partial charge in [0.05, 0.1) is 0 Å². The summed E-state index contributed by atoms with van der Waals surface area (Å²) in [7, 11) is 0. The van der Waals surface area contributed by atoms with E-state index in [0.29, 0.717) is 0 Å². The summed E-state index contributed by atoms with van der Waals surface area (Å²) in [5.41, 5.74) is 0. The Bertz CT molecular complexity index is 358. The summed E-state index contributed by atoms with van der Waals surface area (Å²) in [5.74, 6) is 3.34. The molecule has 0 amide bonds. The molecular weight excluding hydrogens is 343 g/mol. The Kier molecular flexibility index (Phi) is 10.9. The number of rotatable bonds is 9. The lowest BCUT2D eigenvalue weighted by Gasteiger charge is -1.98. The van der Waals surface area contributed by atoms with E-state index in [0.717, 1.165) is 6.42 Å². The lowest BCUT2D eigenvalue weighted by atomic mass is 10.1. The van der Waals surface area contributed by atoms with Crippen LogP contribution in [0, 0.1) is 13.4 Å². The summed E-state index contributed by atoms with van der Waals surface area (Å²) in [5, 5.41) is 0. The maximum Gasteiger partial charge on any atom is 0.419 e. The van der Waals surface area contributed by atoms with Crippen molar-refractivity contribution in [2.24, 2.45) is 0 Å². The number of benzene rings is 1. The van der Waals surface area contributed by atoms with Crippen LogP contribution in [0.4, 0.5) is 0 Å². The van der Waals surface area contributed by atoms with E-state index in [1.54, 1.807) is 0 Å². The molecule has 104 valence electrons. The summed E-state index contributed by atoms with van der Waals surface area (Å²) in [6.45, 7) is 2.27. The predicted molar refractivity (Wildman–Crippen MR) is 80.1 cm³/mol. The van der Waals surface area contributed by atoms with E-state index in [4.69, 9.17) is 0 Å². The maximum absolute atomic E-state index is 3.38. The number of halogens is 1. The molecule has 0 N–H and O–H groups in total. The first-order valence-corrected chi connectivity index (χ1v) is 9.76. The van der Waals surface area contributed by atoms with Gasteiger partial charge in [0, 0.05) is 6.42 Å². The third kappa shape index (κ3) is 10.0. The normalized spacial score (nSPS) is 9.95. The Morgan fingerprint density at radius 3 is 2.16 bits per heavy atom. The average molecular weight is 369 g/mol. The zero-order chi connectivity index (χ0) is 13.6. The smallest absolute Gasteiger partial charge is 0.0654 e. The minimum atomic E-state index is -0.0709. The van der Waals surface area contributed by atoms with Crippen LogP contribution in [0.2, 0.25) is 0 Å². The van der Waals surface area contributed by atoms with E-state index >= 15 is 0 Å². The zero-order valence-electron chi connectivity index (χ0n) is 12.1. The molecule has 0 nitrogen and oxygen atoms in total. The summed E-state index contributed by atoms with van der Waals surface area (Å²) in [4.78, 5) is 0. The van der Waals surface area contributed by atoms with Gasteiger partial charge in [0.15, 0.2) is 3.93 Å². The van der Waals surface area contributed by atoms with Crippen molar-refractivity contribution in [3.8, 4) is 9.85 Å². The first-order valence-electron chi connectivity index (χ1n) is 7.60. The second-order valence-corrected chi connectivity index (χ2v) is 7.21. The van der Waals surface area contributed by atoms with Gasteiger partial charge in [-0.2, -0.15) is 0 Å². The van der Waals surface area contributed by atoms with Crippen LogP contribution < -0.4 is 21.2 Å². The molecule has 1 heteroatoms. The fourth-order valence-corrected chi connectivity index (χ4v) is 3.51. The van der Waals surface area contributed by atoms with E-state index in [1.807, 2.05) is 0 Å². The molecule has 0 aliphatic rings. The first-order chi connectivity index (χ1) is 9.43. The van der Waals surface area contributed by atoms with E-state index in [2.05, 4.69) is 47.1 Å². The zero-order valence-corrected chi connectivity index (χ0v) is 14.3. The van der Waals surface area contributed by atoms with Crippen LogP contribution in [0.1, 0.15) is 64.7 Å². The van der Waals surface area contributed by atoms with Gasteiger partial charge < -0.3 is 0 Å². The Hall–Kier alpha value is -0.490. The Morgan fingerprint density at radius 1 is 0.842 bits per heavy atom. The Labute approximate surface area is 129 Å². The third-order valence-electron chi connectivity index (χ3n) is 3.11. The second kappa shape index (κ2) is 12.5. The fourth-order valence-electron chi connectivity index (χ4n) is 1.96. The van der Waals surface area contributed by atoms with Crippen LogP contribution in [0.3, 0.4) is 0 Å². The summed E-state index contributed by atoms with van der Waals surface area (Å²) >= 11 is -0.0709. The topological polar surface area (TPSA) is 0 Å². The van der Waals surface area contributed by atoms with E-state index in [-0.39, 0.29) is 21.2 Å². The van der Waals surface area contributed by atoms with Crippen LogP contribution in [-0.2, 0) is 0 Å². The van der Waals surface area contributed by atoms with Crippen molar-refractivity contribution >= 4 is 0 Å². The molecule has 0 atom stereocenters.